The van der Waals surface area contributed by atoms with Crippen molar-refractivity contribution in [3.05, 3.63) is 63.6 Å². The van der Waals surface area contributed by atoms with Crippen LogP contribution in [-0.4, -0.2) is 27.1 Å². The number of hydrogen-bond acceptors (Lipinski definition) is 3. The van der Waals surface area contributed by atoms with E-state index in [1.165, 1.54) is 10.2 Å². The minimum atomic E-state index is -0.127. The van der Waals surface area contributed by atoms with Gasteiger partial charge >= 0.3 is 0 Å². The normalized spacial score (nSPS) is 13.8. The lowest BCUT2D eigenvalue weighted by Gasteiger charge is -2.28. The van der Waals surface area contributed by atoms with Crippen LogP contribution in [0.15, 0.2) is 41.2 Å². The van der Waals surface area contributed by atoms with Gasteiger partial charge in [-0.1, -0.05) is 30.3 Å². The standard InChI is InChI=1S/C17H19N3O2/c1-19-17(22)11-14-12-20(10-9-15(14)18-19)16(21)8-7-13-5-3-2-4-6-13/h2-6,11H,7-10,12H2,1H3. The quantitative estimate of drug-likeness (QED) is 0.858. The van der Waals surface area contributed by atoms with Crippen LogP contribution in [-0.2, 0) is 31.2 Å². The first-order chi connectivity index (χ1) is 10.6. The highest BCUT2D eigenvalue weighted by Gasteiger charge is 2.22. The largest absolute Gasteiger partial charge is 0.338 e. The van der Waals surface area contributed by atoms with Crippen molar-refractivity contribution in [2.24, 2.45) is 7.05 Å². The molecule has 0 aliphatic carbocycles. The van der Waals surface area contributed by atoms with Crippen LogP contribution in [0.3, 0.4) is 0 Å². The Morgan fingerprint density at radius 1 is 1.27 bits per heavy atom. The fourth-order valence-corrected chi connectivity index (χ4v) is 2.76. The van der Waals surface area contributed by atoms with Crippen molar-refractivity contribution >= 4 is 5.91 Å². The molecule has 2 heterocycles. The maximum absolute atomic E-state index is 12.4. The van der Waals surface area contributed by atoms with E-state index in [2.05, 4.69) is 5.10 Å². The highest BCUT2D eigenvalue weighted by atomic mass is 16.2. The lowest BCUT2D eigenvalue weighted by molar-refractivity contribution is -0.132. The van der Waals surface area contributed by atoms with Crippen molar-refractivity contribution in [1.29, 1.82) is 0 Å². The van der Waals surface area contributed by atoms with Crippen molar-refractivity contribution in [1.82, 2.24) is 14.7 Å². The molecule has 114 valence electrons. The second-order valence-corrected chi connectivity index (χ2v) is 5.63. The summed E-state index contributed by atoms with van der Waals surface area (Å²) in [7, 11) is 1.65. The van der Waals surface area contributed by atoms with Crippen molar-refractivity contribution in [3.63, 3.8) is 0 Å². The van der Waals surface area contributed by atoms with Crippen molar-refractivity contribution in [2.75, 3.05) is 6.54 Å². The third-order valence-corrected chi connectivity index (χ3v) is 4.06. The van der Waals surface area contributed by atoms with E-state index in [1.54, 1.807) is 13.1 Å². The van der Waals surface area contributed by atoms with Crippen LogP contribution in [0.5, 0.6) is 0 Å². The van der Waals surface area contributed by atoms with E-state index in [1.807, 2.05) is 35.2 Å². The van der Waals surface area contributed by atoms with Gasteiger partial charge in [-0.3, -0.25) is 9.59 Å². The van der Waals surface area contributed by atoms with Crippen LogP contribution in [0.1, 0.15) is 23.2 Å². The van der Waals surface area contributed by atoms with Crippen LogP contribution in [0.25, 0.3) is 0 Å². The summed E-state index contributed by atoms with van der Waals surface area (Å²) in [6.45, 7) is 1.16. The van der Waals surface area contributed by atoms with E-state index in [-0.39, 0.29) is 11.5 Å². The van der Waals surface area contributed by atoms with E-state index < -0.39 is 0 Å². The van der Waals surface area contributed by atoms with Crippen LogP contribution >= 0.6 is 0 Å². The molecule has 0 saturated heterocycles. The van der Waals surface area contributed by atoms with Gasteiger partial charge in [-0.2, -0.15) is 5.10 Å². The number of carbonyl (C=O) groups excluding carboxylic acids is 1. The van der Waals surface area contributed by atoms with Crippen molar-refractivity contribution < 1.29 is 4.79 Å². The van der Waals surface area contributed by atoms with Crippen LogP contribution in [0, 0.1) is 0 Å². The first kappa shape index (κ1) is 14.5. The molecule has 0 radical (unpaired) electrons. The van der Waals surface area contributed by atoms with Gasteiger partial charge in [0.1, 0.15) is 0 Å². The molecule has 1 aromatic heterocycles. The summed E-state index contributed by atoms with van der Waals surface area (Å²) >= 11 is 0. The predicted octanol–water partition coefficient (Wildman–Crippen LogP) is 1.30. The molecule has 0 fully saturated rings. The molecule has 0 N–H and O–H groups in total. The summed E-state index contributed by atoms with van der Waals surface area (Å²) < 4.78 is 1.35. The van der Waals surface area contributed by atoms with E-state index in [9.17, 15) is 9.59 Å². The Balaban J connectivity index is 1.65. The fourth-order valence-electron chi connectivity index (χ4n) is 2.76. The number of rotatable bonds is 3. The Hall–Kier alpha value is -2.43. The predicted molar refractivity (Wildman–Crippen MR) is 83.4 cm³/mol. The SMILES string of the molecule is Cn1nc2c(cc1=O)CN(C(=O)CCc1ccccc1)CC2. The van der Waals surface area contributed by atoms with Gasteiger partial charge in [0.25, 0.3) is 5.56 Å². The number of amides is 1. The molecule has 0 unspecified atom stereocenters. The first-order valence-corrected chi connectivity index (χ1v) is 7.51. The molecular formula is C17H19N3O2. The maximum atomic E-state index is 12.4. The Labute approximate surface area is 129 Å². The molecule has 2 aromatic rings. The van der Waals surface area contributed by atoms with Gasteiger partial charge in [0.2, 0.25) is 5.91 Å². The molecule has 1 amide bonds. The molecule has 1 aliphatic heterocycles. The molecule has 0 spiro atoms. The summed E-state index contributed by atoms with van der Waals surface area (Å²) in [4.78, 5) is 25.9. The van der Waals surface area contributed by atoms with E-state index in [0.29, 0.717) is 25.9 Å². The van der Waals surface area contributed by atoms with Gasteiger partial charge in [0.05, 0.1) is 5.69 Å². The summed E-state index contributed by atoms with van der Waals surface area (Å²) in [6, 6.07) is 11.6. The molecule has 3 rings (SSSR count). The summed E-state index contributed by atoms with van der Waals surface area (Å²) in [6.07, 6.45) is 1.95. The number of nitrogens with zero attached hydrogens (tertiary/aromatic N) is 3. The van der Waals surface area contributed by atoms with Gasteiger partial charge in [-0.15, -0.1) is 0 Å². The van der Waals surface area contributed by atoms with Gasteiger partial charge < -0.3 is 4.90 Å². The smallest absolute Gasteiger partial charge is 0.266 e. The van der Waals surface area contributed by atoms with E-state index in [4.69, 9.17) is 0 Å². The topological polar surface area (TPSA) is 55.2 Å². The zero-order valence-corrected chi connectivity index (χ0v) is 12.7. The molecule has 5 heteroatoms. The first-order valence-electron chi connectivity index (χ1n) is 7.51. The second-order valence-electron chi connectivity index (χ2n) is 5.63. The third kappa shape index (κ3) is 3.08. The second kappa shape index (κ2) is 6.13. The minimum absolute atomic E-state index is 0.127. The van der Waals surface area contributed by atoms with Gasteiger partial charge in [0.15, 0.2) is 0 Å². The fraction of sp³-hybridized carbons (Fsp3) is 0.353. The summed E-state index contributed by atoms with van der Waals surface area (Å²) in [5.74, 6) is 0.134. The molecule has 0 atom stereocenters. The molecule has 22 heavy (non-hydrogen) atoms. The molecule has 5 nitrogen and oxygen atoms in total. The van der Waals surface area contributed by atoms with Crippen LogP contribution < -0.4 is 5.56 Å². The number of aryl methyl sites for hydroxylation is 2. The minimum Gasteiger partial charge on any atom is -0.338 e. The number of carbonyl (C=O) groups is 1. The Morgan fingerprint density at radius 3 is 2.82 bits per heavy atom. The van der Waals surface area contributed by atoms with Crippen molar-refractivity contribution in [2.45, 2.75) is 25.8 Å². The van der Waals surface area contributed by atoms with Crippen molar-refractivity contribution in [3.8, 4) is 0 Å². The summed E-state index contributed by atoms with van der Waals surface area (Å²) in [5, 5.41) is 4.27. The van der Waals surface area contributed by atoms with Gasteiger partial charge in [-0.25, -0.2) is 4.68 Å². The zero-order valence-electron chi connectivity index (χ0n) is 12.7. The van der Waals surface area contributed by atoms with Crippen LogP contribution in [0.4, 0.5) is 0 Å². The Morgan fingerprint density at radius 2 is 2.05 bits per heavy atom. The maximum Gasteiger partial charge on any atom is 0.266 e. The molecule has 1 aromatic carbocycles. The van der Waals surface area contributed by atoms with Gasteiger partial charge in [-0.05, 0) is 12.0 Å². The number of aromatic nitrogens is 2. The monoisotopic (exact) mass is 297 g/mol. The third-order valence-electron chi connectivity index (χ3n) is 4.06. The number of benzene rings is 1. The molecule has 0 saturated carbocycles. The number of fused-ring (bicyclic) bond motifs is 1. The Bertz CT molecular complexity index is 737. The lowest BCUT2D eigenvalue weighted by atomic mass is 10.0. The molecule has 0 bridgehead atoms. The highest BCUT2D eigenvalue weighted by molar-refractivity contribution is 5.76. The zero-order chi connectivity index (χ0) is 15.5. The average Bonchev–Trinajstić information content (AvgIpc) is 2.54. The average molecular weight is 297 g/mol. The number of hydrogen-bond donors (Lipinski definition) is 0. The summed E-state index contributed by atoms with van der Waals surface area (Å²) in [5.41, 5.74) is 2.85. The van der Waals surface area contributed by atoms with E-state index >= 15 is 0 Å². The lowest BCUT2D eigenvalue weighted by Crippen LogP contribution is -2.38. The van der Waals surface area contributed by atoms with E-state index in [0.717, 1.165) is 17.7 Å². The highest BCUT2D eigenvalue weighted by Crippen LogP contribution is 2.16. The molecule has 1 aliphatic rings. The van der Waals surface area contributed by atoms with Crippen LogP contribution in [0.2, 0.25) is 0 Å². The molecular weight excluding hydrogens is 278 g/mol. The Kier molecular flexibility index (Phi) is 4.04. The van der Waals surface area contributed by atoms with Gasteiger partial charge in [0, 0.05) is 44.6 Å².